The lowest BCUT2D eigenvalue weighted by molar-refractivity contribution is 0.297. The second kappa shape index (κ2) is 11.3. The van der Waals surface area contributed by atoms with E-state index in [1.54, 1.807) is 0 Å². The molecule has 2 heteroatoms. The van der Waals surface area contributed by atoms with Gasteiger partial charge in [-0.05, 0) is 73.8 Å². The number of halogens is 2. The highest BCUT2D eigenvalue weighted by Gasteiger charge is 2.28. The maximum absolute atomic E-state index is 15.0. The quantitative estimate of drug-likeness (QED) is 0.285. The summed E-state index contributed by atoms with van der Waals surface area (Å²) in [7, 11) is 0. The van der Waals surface area contributed by atoms with Gasteiger partial charge in [0.25, 0.3) is 0 Å². The Balaban J connectivity index is 1.60. The molecule has 0 nitrogen and oxygen atoms in total. The highest BCUT2D eigenvalue weighted by Crippen LogP contribution is 2.41. The summed E-state index contributed by atoms with van der Waals surface area (Å²) in [6.45, 7) is 4.46. The molecule has 0 saturated heterocycles. The predicted molar refractivity (Wildman–Crippen MR) is 119 cm³/mol. The molecule has 1 aromatic rings. The third-order valence-electron chi connectivity index (χ3n) is 7.44. The number of hydrogen-bond donors (Lipinski definition) is 0. The molecule has 1 aromatic carbocycles. The van der Waals surface area contributed by atoms with Crippen LogP contribution in [-0.4, -0.2) is 0 Å². The van der Waals surface area contributed by atoms with Crippen LogP contribution in [0.1, 0.15) is 120 Å². The predicted octanol–water partition coefficient (Wildman–Crippen LogP) is 9.06. The van der Waals surface area contributed by atoms with Gasteiger partial charge in [-0.3, -0.25) is 0 Å². The summed E-state index contributed by atoms with van der Waals surface area (Å²) >= 11 is 0. The highest BCUT2D eigenvalue weighted by atomic mass is 19.2. The van der Waals surface area contributed by atoms with Gasteiger partial charge in [0.15, 0.2) is 11.6 Å². The van der Waals surface area contributed by atoms with Crippen molar-refractivity contribution in [2.24, 2.45) is 11.8 Å². The van der Waals surface area contributed by atoms with Crippen molar-refractivity contribution >= 4 is 0 Å². The molecular weight excluding hydrogens is 362 g/mol. The Kier molecular flexibility index (Phi) is 8.75. The molecule has 0 radical (unpaired) electrons. The first-order chi connectivity index (χ1) is 14.1. The number of unbranched alkanes of at least 4 members (excludes halogenated alkanes) is 3. The van der Waals surface area contributed by atoms with Crippen LogP contribution in [0.25, 0.3) is 0 Å². The van der Waals surface area contributed by atoms with Crippen LogP contribution in [0.4, 0.5) is 8.78 Å². The Bertz CT molecular complexity index is 655. The lowest BCUT2D eigenvalue weighted by Gasteiger charge is -2.30. The molecule has 162 valence electrons. The van der Waals surface area contributed by atoms with Crippen LogP contribution in [-0.2, 0) is 0 Å². The van der Waals surface area contributed by atoms with Gasteiger partial charge in [-0.25, -0.2) is 8.78 Å². The Labute approximate surface area is 177 Å². The summed E-state index contributed by atoms with van der Waals surface area (Å²) < 4.78 is 30.0. The number of allylic oxidation sites excluding steroid dienone is 2. The zero-order valence-corrected chi connectivity index (χ0v) is 18.6. The van der Waals surface area contributed by atoms with E-state index in [4.69, 9.17) is 0 Å². The van der Waals surface area contributed by atoms with E-state index in [2.05, 4.69) is 26.0 Å². The van der Waals surface area contributed by atoms with Crippen molar-refractivity contribution in [3.8, 4) is 0 Å². The summed E-state index contributed by atoms with van der Waals surface area (Å²) in [6, 6.07) is 3.77. The van der Waals surface area contributed by atoms with Gasteiger partial charge in [0.05, 0.1) is 0 Å². The fraction of sp³-hybridized carbons (Fsp3) is 0.704. The molecule has 0 amide bonds. The number of rotatable bonds is 9. The van der Waals surface area contributed by atoms with Crippen molar-refractivity contribution < 1.29 is 8.78 Å². The minimum absolute atomic E-state index is 0.0331. The van der Waals surface area contributed by atoms with E-state index in [0.29, 0.717) is 17.0 Å². The van der Waals surface area contributed by atoms with Crippen molar-refractivity contribution in [2.75, 3.05) is 0 Å². The van der Waals surface area contributed by atoms with Crippen molar-refractivity contribution in [1.82, 2.24) is 0 Å². The Morgan fingerprint density at radius 3 is 2.07 bits per heavy atom. The molecule has 0 bridgehead atoms. The molecule has 2 aliphatic carbocycles. The zero-order chi connectivity index (χ0) is 20.6. The van der Waals surface area contributed by atoms with Crippen LogP contribution in [0.2, 0.25) is 0 Å². The molecule has 3 rings (SSSR count). The van der Waals surface area contributed by atoms with Crippen LogP contribution in [0.15, 0.2) is 24.3 Å². The number of benzene rings is 1. The van der Waals surface area contributed by atoms with Crippen molar-refractivity contribution in [3.63, 3.8) is 0 Å². The van der Waals surface area contributed by atoms with Crippen LogP contribution >= 0.6 is 0 Å². The standard InChI is InChI=1S/C27H40F2/c1-3-5-7-9-21-12-16-23(17-13-21)25-19-18-24(26(28)27(25)29)22-14-10-20(11-15-22)8-6-4-2/h10,14,18-23H,3-9,11-13,15-17H2,1-2H3. The Hall–Kier alpha value is -1.18. The molecule has 0 aromatic heterocycles. The molecule has 1 fully saturated rings. The third-order valence-corrected chi connectivity index (χ3v) is 7.44. The maximum Gasteiger partial charge on any atom is 0.162 e. The van der Waals surface area contributed by atoms with Crippen molar-refractivity contribution in [1.29, 1.82) is 0 Å². The minimum Gasteiger partial charge on any atom is -0.203 e. The largest absolute Gasteiger partial charge is 0.203 e. The summed E-state index contributed by atoms with van der Waals surface area (Å²) in [6.07, 6.45) is 19.6. The van der Waals surface area contributed by atoms with E-state index in [0.717, 1.165) is 31.6 Å². The summed E-state index contributed by atoms with van der Waals surface area (Å²) in [4.78, 5) is 0. The van der Waals surface area contributed by atoms with Crippen molar-refractivity contribution in [3.05, 3.63) is 47.0 Å². The molecule has 2 unspecified atom stereocenters. The topological polar surface area (TPSA) is 0 Å². The molecular formula is C27H40F2. The Morgan fingerprint density at radius 1 is 0.724 bits per heavy atom. The van der Waals surface area contributed by atoms with Gasteiger partial charge in [-0.2, -0.15) is 0 Å². The molecule has 0 N–H and O–H groups in total. The first-order valence-corrected chi connectivity index (χ1v) is 12.3. The van der Waals surface area contributed by atoms with Gasteiger partial charge in [0.1, 0.15) is 0 Å². The van der Waals surface area contributed by atoms with Gasteiger partial charge < -0.3 is 0 Å². The van der Waals surface area contributed by atoms with Crippen LogP contribution in [0.5, 0.6) is 0 Å². The van der Waals surface area contributed by atoms with Crippen molar-refractivity contribution in [2.45, 2.75) is 109 Å². The molecule has 0 heterocycles. The maximum atomic E-state index is 15.0. The van der Waals surface area contributed by atoms with Crippen LogP contribution < -0.4 is 0 Å². The molecule has 0 spiro atoms. The van der Waals surface area contributed by atoms with Gasteiger partial charge in [0.2, 0.25) is 0 Å². The van der Waals surface area contributed by atoms with Gasteiger partial charge >= 0.3 is 0 Å². The summed E-state index contributed by atoms with van der Waals surface area (Å²) in [5.41, 5.74) is 1.18. The summed E-state index contributed by atoms with van der Waals surface area (Å²) in [5, 5.41) is 0. The fourth-order valence-corrected chi connectivity index (χ4v) is 5.47. The molecule has 29 heavy (non-hydrogen) atoms. The first kappa shape index (κ1) is 22.5. The smallest absolute Gasteiger partial charge is 0.162 e. The number of hydrogen-bond acceptors (Lipinski definition) is 0. The lowest BCUT2D eigenvalue weighted by atomic mass is 9.76. The fourth-order valence-electron chi connectivity index (χ4n) is 5.47. The minimum atomic E-state index is -0.589. The second-order valence-corrected chi connectivity index (χ2v) is 9.56. The van der Waals surface area contributed by atoms with E-state index in [1.807, 2.05) is 12.1 Å². The van der Waals surface area contributed by atoms with E-state index < -0.39 is 11.6 Å². The SMILES string of the molecule is CCCCCC1CCC(c2ccc(C3C=CC(CCCC)CC3)c(F)c2F)CC1. The van der Waals surface area contributed by atoms with Crippen LogP contribution in [0, 0.1) is 23.5 Å². The molecule has 2 atom stereocenters. The molecule has 2 aliphatic rings. The lowest BCUT2D eigenvalue weighted by Crippen LogP contribution is -2.16. The Morgan fingerprint density at radius 2 is 1.41 bits per heavy atom. The van der Waals surface area contributed by atoms with Crippen LogP contribution in [0.3, 0.4) is 0 Å². The van der Waals surface area contributed by atoms with Gasteiger partial charge in [-0.1, -0.05) is 76.7 Å². The van der Waals surface area contributed by atoms with E-state index >= 15 is 0 Å². The second-order valence-electron chi connectivity index (χ2n) is 9.56. The third kappa shape index (κ3) is 5.92. The summed E-state index contributed by atoms with van der Waals surface area (Å²) in [5.74, 6) is 0.476. The van der Waals surface area contributed by atoms with Gasteiger partial charge in [-0.15, -0.1) is 0 Å². The molecule has 0 aliphatic heterocycles. The zero-order valence-electron chi connectivity index (χ0n) is 18.6. The average molecular weight is 403 g/mol. The van der Waals surface area contributed by atoms with Gasteiger partial charge in [0, 0.05) is 5.92 Å². The normalized spacial score (nSPS) is 27.3. The monoisotopic (exact) mass is 402 g/mol. The highest BCUT2D eigenvalue weighted by molar-refractivity contribution is 5.34. The van der Waals surface area contributed by atoms with E-state index in [1.165, 1.54) is 57.8 Å². The average Bonchev–Trinajstić information content (AvgIpc) is 2.75. The first-order valence-electron chi connectivity index (χ1n) is 12.3. The van der Waals surface area contributed by atoms with E-state index in [9.17, 15) is 8.78 Å². The van der Waals surface area contributed by atoms with E-state index in [-0.39, 0.29) is 11.8 Å². The molecule has 1 saturated carbocycles.